The Kier molecular flexibility index (Phi) is 4.57. The molecule has 3 atom stereocenters. The van der Waals surface area contributed by atoms with Crippen LogP contribution in [0, 0.1) is 11.8 Å². The molecule has 1 amide bonds. The largest absolute Gasteiger partial charge is 0.349 e. The molecular weight excluding hydrogens is 356 g/mol. The minimum atomic E-state index is -0.255. The maximum Gasteiger partial charge on any atom is 0.252 e. The third kappa shape index (κ3) is 3.34. The van der Waals surface area contributed by atoms with E-state index in [1.54, 1.807) is 0 Å². The van der Waals surface area contributed by atoms with Gasteiger partial charge in [0.1, 0.15) is 0 Å². The van der Waals surface area contributed by atoms with Gasteiger partial charge in [-0.05, 0) is 36.5 Å². The lowest BCUT2D eigenvalue weighted by atomic mass is 9.78. The summed E-state index contributed by atoms with van der Waals surface area (Å²) in [6.07, 6.45) is 3.36. The minimum Gasteiger partial charge on any atom is -0.349 e. The second kappa shape index (κ2) is 6.48. The predicted octanol–water partition coefficient (Wildman–Crippen LogP) is 3.85. The summed E-state index contributed by atoms with van der Waals surface area (Å²) in [5.41, 5.74) is 0.862. The van der Waals surface area contributed by atoms with Crippen molar-refractivity contribution in [3.8, 4) is 0 Å². The summed E-state index contributed by atoms with van der Waals surface area (Å²) in [7, 11) is 0. The predicted molar refractivity (Wildman–Crippen MR) is 95.7 cm³/mol. The van der Waals surface area contributed by atoms with Crippen molar-refractivity contribution >= 4 is 32.7 Å². The Labute approximate surface area is 143 Å². The van der Waals surface area contributed by atoms with E-state index in [9.17, 15) is 9.59 Å². The molecule has 3 unspecified atom stereocenters. The first-order chi connectivity index (χ1) is 11.0. The maximum atomic E-state index is 12.8. The van der Waals surface area contributed by atoms with Crippen molar-refractivity contribution in [3.63, 3.8) is 0 Å². The Morgan fingerprint density at radius 1 is 1.26 bits per heavy atom. The highest BCUT2D eigenvalue weighted by atomic mass is 79.9. The van der Waals surface area contributed by atoms with Gasteiger partial charge in [0, 0.05) is 27.5 Å². The molecule has 122 valence electrons. The van der Waals surface area contributed by atoms with Gasteiger partial charge >= 0.3 is 0 Å². The zero-order chi connectivity index (χ0) is 16.6. The number of aromatic amines is 1. The summed E-state index contributed by atoms with van der Waals surface area (Å²) >= 11 is 3.43. The SMILES string of the molecule is CC1CCCC(NC(=O)c2cc(=O)[nH]c3ccc(Br)cc23)C1C. The van der Waals surface area contributed by atoms with Crippen molar-refractivity contribution in [2.75, 3.05) is 0 Å². The average Bonchev–Trinajstić information content (AvgIpc) is 2.51. The first-order valence-corrected chi connectivity index (χ1v) is 8.88. The second-order valence-electron chi connectivity index (χ2n) is 6.58. The lowest BCUT2D eigenvalue weighted by Gasteiger charge is -2.34. The van der Waals surface area contributed by atoms with Crippen LogP contribution in [0.4, 0.5) is 0 Å². The number of hydrogen-bond donors (Lipinski definition) is 2. The highest BCUT2D eigenvalue weighted by Gasteiger charge is 2.28. The van der Waals surface area contributed by atoms with Crippen molar-refractivity contribution in [1.82, 2.24) is 10.3 Å². The van der Waals surface area contributed by atoms with E-state index in [1.165, 1.54) is 12.5 Å². The topological polar surface area (TPSA) is 62.0 Å². The number of nitrogens with one attached hydrogen (secondary N) is 2. The Bertz CT molecular complexity index is 799. The van der Waals surface area contributed by atoms with Gasteiger partial charge in [-0.15, -0.1) is 0 Å². The number of pyridine rings is 1. The van der Waals surface area contributed by atoms with Crippen LogP contribution >= 0.6 is 15.9 Å². The molecule has 23 heavy (non-hydrogen) atoms. The number of aromatic nitrogens is 1. The number of hydrogen-bond acceptors (Lipinski definition) is 2. The van der Waals surface area contributed by atoms with E-state index >= 15 is 0 Å². The molecule has 0 aliphatic heterocycles. The van der Waals surface area contributed by atoms with Gasteiger partial charge in [-0.3, -0.25) is 9.59 Å². The highest BCUT2D eigenvalue weighted by molar-refractivity contribution is 9.10. The van der Waals surface area contributed by atoms with Gasteiger partial charge in [0.25, 0.3) is 5.91 Å². The fourth-order valence-corrected chi connectivity index (χ4v) is 3.81. The van der Waals surface area contributed by atoms with Gasteiger partial charge < -0.3 is 10.3 Å². The number of benzene rings is 1. The molecule has 1 aromatic carbocycles. The summed E-state index contributed by atoms with van der Waals surface area (Å²) in [6.45, 7) is 4.43. The smallest absolute Gasteiger partial charge is 0.252 e. The van der Waals surface area contributed by atoms with Crippen LogP contribution in [0.3, 0.4) is 0 Å². The highest BCUT2D eigenvalue weighted by Crippen LogP contribution is 2.30. The molecule has 1 aliphatic rings. The minimum absolute atomic E-state index is 0.162. The molecule has 0 bridgehead atoms. The molecule has 3 rings (SSSR count). The molecule has 1 fully saturated rings. The van der Waals surface area contributed by atoms with Crippen LogP contribution in [0.2, 0.25) is 0 Å². The van der Waals surface area contributed by atoms with Crippen molar-refractivity contribution < 1.29 is 4.79 Å². The van der Waals surface area contributed by atoms with Crippen LogP contribution in [0.5, 0.6) is 0 Å². The average molecular weight is 377 g/mol. The normalized spacial score (nSPS) is 24.6. The lowest BCUT2D eigenvalue weighted by Crippen LogP contribution is -2.43. The van der Waals surface area contributed by atoms with Gasteiger partial charge in [0.2, 0.25) is 5.56 Å². The molecule has 1 heterocycles. The van der Waals surface area contributed by atoms with Crippen LogP contribution in [0.15, 0.2) is 33.5 Å². The van der Waals surface area contributed by atoms with E-state index in [4.69, 9.17) is 0 Å². The molecule has 1 saturated carbocycles. The summed E-state index contributed by atoms with van der Waals surface area (Å²) in [5.74, 6) is 0.900. The zero-order valence-corrected chi connectivity index (χ0v) is 14.9. The fraction of sp³-hybridized carbons (Fsp3) is 0.444. The molecule has 5 heteroatoms. The monoisotopic (exact) mass is 376 g/mol. The number of rotatable bonds is 2. The standard InChI is InChI=1S/C18H21BrN2O2/c1-10-4-3-5-15(11(10)2)21-18(23)14-9-17(22)20-16-7-6-12(19)8-13(14)16/h6-11,15H,3-5H2,1-2H3,(H,20,22)(H,21,23). The Morgan fingerprint density at radius 3 is 2.83 bits per heavy atom. The summed E-state index contributed by atoms with van der Waals surface area (Å²) in [5, 5.41) is 3.90. The van der Waals surface area contributed by atoms with Crippen LogP contribution in [-0.2, 0) is 0 Å². The summed E-state index contributed by atoms with van der Waals surface area (Å²) in [6, 6.07) is 7.09. The number of carbonyl (C=O) groups is 1. The Morgan fingerprint density at radius 2 is 2.04 bits per heavy atom. The van der Waals surface area contributed by atoms with Crippen LogP contribution < -0.4 is 10.9 Å². The van der Waals surface area contributed by atoms with Crippen LogP contribution in [0.1, 0.15) is 43.5 Å². The summed E-state index contributed by atoms with van der Waals surface area (Å²) in [4.78, 5) is 27.4. The molecule has 1 aliphatic carbocycles. The van der Waals surface area contributed by atoms with Crippen LogP contribution in [0.25, 0.3) is 10.9 Å². The van der Waals surface area contributed by atoms with Crippen molar-refractivity contribution in [1.29, 1.82) is 0 Å². The number of carbonyl (C=O) groups excluding carboxylic acids is 1. The quantitative estimate of drug-likeness (QED) is 0.835. The molecule has 1 aromatic heterocycles. The number of H-pyrrole nitrogens is 1. The van der Waals surface area contributed by atoms with E-state index in [1.807, 2.05) is 18.2 Å². The van der Waals surface area contributed by atoms with Crippen molar-refractivity contribution in [2.24, 2.45) is 11.8 Å². The number of fused-ring (bicyclic) bond motifs is 1. The number of amides is 1. The first-order valence-electron chi connectivity index (χ1n) is 8.09. The maximum absolute atomic E-state index is 12.8. The Balaban J connectivity index is 1.94. The van der Waals surface area contributed by atoms with Crippen LogP contribution in [-0.4, -0.2) is 16.9 Å². The van der Waals surface area contributed by atoms with Gasteiger partial charge in [-0.1, -0.05) is 42.6 Å². The molecule has 0 saturated heterocycles. The van der Waals surface area contributed by atoms with Crippen molar-refractivity contribution in [2.45, 2.75) is 39.2 Å². The van der Waals surface area contributed by atoms with E-state index in [2.05, 4.69) is 40.1 Å². The van der Waals surface area contributed by atoms with E-state index < -0.39 is 0 Å². The second-order valence-corrected chi connectivity index (χ2v) is 7.50. The van der Waals surface area contributed by atoms with E-state index in [-0.39, 0.29) is 17.5 Å². The lowest BCUT2D eigenvalue weighted by molar-refractivity contribution is 0.0892. The third-order valence-electron chi connectivity index (χ3n) is 5.07. The van der Waals surface area contributed by atoms with E-state index in [0.29, 0.717) is 22.9 Å². The van der Waals surface area contributed by atoms with Gasteiger partial charge in [-0.2, -0.15) is 0 Å². The van der Waals surface area contributed by atoms with E-state index in [0.717, 1.165) is 22.7 Å². The van der Waals surface area contributed by atoms with Gasteiger partial charge in [-0.25, -0.2) is 0 Å². The zero-order valence-electron chi connectivity index (χ0n) is 13.4. The first kappa shape index (κ1) is 16.2. The molecule has 0 spiro atoms. The number of halogens is 1. The van der Waals surface area contributed by atoms with Gasteiger partial charge in [0.15, 0.2) is 0 Å². The molecule has 4 nitrogen and oxygen atoms in total. The molecule has 0 radical (unpaired) electrons. The summed E-state index contributed by atoms with van der Waals surface area (Å²) < 4.78 is 0.880. The van der Waals surface area contributed by atoms with Crippen molar-refractivity contribution in [3.05, 3.63) is 44.7 Å². The fourth-order valence-electron chi connectivity index (χ4n) is 3.45. The molecular formula is C18H21BrN2O2. The Hall–Kier alpha value is -1.62. The molecule has 2 aromatic rings. The third-order valence-corrected chi connectivity index (χ3v) is 5.57. The molecule has 2 N–H and O–H groups in total. The van der Waals surface area contributed by atoms with Gasteiger partial charge in [0.05, 0.1) is 5.56 Å².